The van der Waals surface area contributed by atoms with Gasteiger partial charge < -0.3 is 4.74 Å². The Morgan fingerprint density at radius 3 is 2.25 bits per heavy atom. The SMILES string of the molecule is Cc1ccccc1C(NN)c1ccc(OC(F)F)cc1. The number of hydrogen-bond acceptors (Lipinski definition) is 3. The largest absolute Gasteiger partial charge is 0.435 e. The minimum Gasteiger partial charge on any atom is -0.435 e. The molecule has 0 amide bonds. The van der Waals surface area contributed by atoms with Crippen LogP contribution in [0, 0.1) is 6.92 Å². The van der Waals surface area contributed by atoms with Crippen molar-refractivity contribution in [1.29, 1.82) is 0 Å². The summed E-state index contributed by atoms with van der Waals surface area (Å²) >= 11 is 0. The second-order valence-corrected chi connectivity index (χ2v) is 4.40. The number of ether oxygens (including phenoxy) is 1. The van der Waals surface area contributed by atoms with Crippen LogP contribution in [0.25, 0.3) is 0 Å². The first kappa shape index (κ1) is 14.4. The van der Waals surface area contributed by atoms with Crippen molar-refractivity contribution < 1.29 is 13.5 Å². The molecule has 5 heteroatoms. The van der Waals surface area contributed by atoms with Crippen molar-refractivity contribution >= 4 is 0 Å². The van der Waals surface area contributed by atoms with Crippen LogP contribution < -0.4 is 16.0 Å². The predicted octanol–water partition coefficient (Wildman–Crippen LogP) is 3.15. The Morgan fingerprint density at radius 2 is 1.70 bits per heavy atom. The minimum absolute atomic E-state index is 0.129. The Morgan fingerprint density at radius 1 is 1.05 bits per heavy atom. The summed E-state index contributed by atoms with van der Waals surface area (Å²) in [5, 5.41) is 0. The molecule has 106 valence electrons. The van der Waals surface area contributed by atoms with Crippen LogP contribution in [-0.2, 0) is 0 Å². The lowest BCUT2D eigenvalue weighted by Gasteiger charge is -2.19. The first-order valence-corrected chi connectivity index (χ1v) is 6.18. The van der Waals surface area contributed by atoms with E-state index in [4.69, 9.17) is 5.84 Å². The Balaban J connectivity index is 2.26. The van der Waals surface area contributed by atoms with E-state index in [-0.39, 0.29) is 11.8 Å². The van der Waals surface area contributed by atoms with Gasteiger partial charge in [-0.1, -0.05) is 36.4 Å². The summed E-state index contributed by atoms with van der Waals surface area (Å²) in [5.74, 6) is 5.75. The van der Waals surface area contributed by atoms with Crippen molar-refractivity contribution in [3.8, 4) is 5.75 Å². The van der Waals surface area contributed by atoms with E-state index in [0.717, 1.165) is 16.7 Å². The van der Waals surface area contributed by atoms with E-state index in [1.165, 1.54) is 12.1 Å². The third-order valence-corrected chi connectivity index (χ3v) is 3.10. The van der Waals surface area contributed by atoms with Crippen molar-refractivity contribution in [2.45, 2.75) is 19.6 Å². The highest BCUT2D eigenvalue weighted by Gasteiger charge is 2.14. The van der Waals surface area contributed by atoms with Crippen molar-refractivity contribution in [1.82, 2.24) is 5.43 Å². The van der Waals surface area contributed by atoms with Crippen LogP contribution in [0.1, 0.15) is 22.7 Å². The van der Waals surface area contributed by atoms with Gasteiger partial charge in [0.05, 0.1) is 6.04 Å². The molecule has 1 atom stereocenters. The summed E-state index contributed by atoms with van der Waals surface area (Å²) in [6, 6.07) is 14.1. The predicted molar refractivity (Wildman–Crippen MR) is 73.4 cm³/mol. The van der Waals surface area contributed by atoms with Crippen LogP contribution in [0.15, 0.2) is 48.5 Å². The van der Waals surface area contributed by atoms with Gasteiger partial charge in [-0.3, -0.25) is 5.84 Å². The summed E-state index contributed by atoms with van der Waals surface area (Å²) in [7, 11) is 0. The van der Waals surface area contributed by atoms with Gasteiger partial charge in [0.1, 0.15) is 5.75 Å². The van der Waals surface area contributed by atoms with Crippen LogP contribution in [0.5, 0.6) is 5.75 Å². The molecular weight excluding hydrogens is 262 g/mol. The van der Waals surface area contributed by atoms with Gasteiger partial charge in [-0.15, -0.1) is 0 Å². The summed E-state index contributed by atoms with van der Waals surface area (Å²) in [6.45, 7) is -0.825. The fourth-order valence-corrected chi connectivity index (χ4v) is 2.12. The van der Waals surface area contributed by atoms with Gasteiger partial charge in [-0.05, 0) is 35.7 Å². The van der Waals surface area contributed by atoms with Gasteiger partial charge in [0.25, 0.3) is 0 Å². The van der Waals surface area contributed by atoms with E-state index in [0.29, 0.717) is 0 Å². The Labute approximate surface area is 116 Å². The molecule has 0 aromatic heterocycles. The number of benzene rings is 2. The first-order chi connectivity index (χ1) is 9.61. The number of hydrogen-bond donors (Lipinski definition) is 2. The van der Waals surface area contributed by atoms with Gasteiger partial charge in [-0.2, -0.15) is 8.78 Å². The maximum Gasteiger partial charge on any atom is 0.387 e. The molecule has 3 nitrogen and oxygen atoms in total. The summed E-state index contributed by atoms with van der Waals surface area (Å²) in [4.78, 5) is 0. The molecular formula is C15H16F2N2O. The molecule has 1 unspecified atom stereocenters. The average Bonchev–Trinajstić information content (AvgIpc) is 2.43. The second kappa shape index (κ2) is 6.45. The topological polar surface area (TPSA) is 47.3 Å². The molecule has 0 fully saturated rings. The van der Waals surface area contributed by atoms with E-state index >= 15 is 0 Å². The van der Waals surface area contributed by atoms with Gasteiger partial charge in [0.15, 0.2) is 0 Å². The molecule has 0 radical (unpaired) electrons. The summed E-state index contributed by atoms with van der Waals surface area (Å²) in [6.07, 6.45) is 0. The third kappa shape index (κ3) is 3.31. The highest BCUT2D eigenvalue weighted by molar-refractivity contribution is 5.38. The number of aryl methyl sites for hydroxylation is 1. The molecule has 0 saturated heterocycles. The van der Waals surface area contributed by atoms with Crippen molar-refractivity contribution in [2.75, 3.05) is 0 Å². The Bertz CT molecular complexity index is 558. The zero-order valence-corrected chi connectivity index (χ0v) is 11.0. The van der Waals surface area contributed by atoms with Crippen LogP contribution in [-0.4, -0.2) is 6.61 Å². The van der Waals surface area contributed by atoms with E-state index in [1.54, 1.807) is 12.1 Å². The molecule has 0 aliphatic carbocycles. The highest BCUT2D eigenvalue weighted by Crippen LogP contribution is 2.26. The summed E-state index contributed by atoms with van der Waals surface area (Å²) in [5.41, 5.74) is 5.76. The van der Waals surface area contributed by atoms with Crippen LogP contribution in [0.2, 0.25) is 0 Å². The first-order valence-electron chi connectivity index (χ1n) is 6.18. The molecule has 0 heterocycles. The lowest BCUT2D eigenvalue weighted by Crippen LogP contribution is -2.29. The minimum atomic E-state index is -2.82. The van der Waals surface area contributed by atoms with Gasteiger partial charge in [-0.25, -0.2) is 5.43 Å². The maximum atomic E-state index is 12.1. The molecule has 0 aliphatic heterocycles. The smallest absolute Gasteiger partial charge is 0.387 e. The number of alkyl halides is 2. The molecule has 2 rings (SSSR count). The molecule has 2 aromatic carbocycles. The number of hydrazine groups is 1. The molecule has 0 aliphatic rings. The van der Waals surface area contributed by atoms with Gasteiger partial charge >= 0.3 is 6.61 Å². The van der Waals surface area contributed by atoms with Crippen molar-refractivity contribution in [3.63, 3.8) is 0 Å². The molecule has 0 saturated carbocycles. The molecule has 0 bridgehead atoms. The fourth-order valence-electron chi connectivity index (χ4n) is 2.12. The second-order valence-electron chi connectivity index (χ2n) is 4.40. The van der Waals surface area contributed by atoms with E-state index in [1.807, 2.05) is 31.2 Å². The van der Waals surface area contributed by atoms with Crippen LogP contribution in [0.3, 0.4) is 0 Å². The zero-order chi connectivity index (χ0) is 14.5. The number of nitrogens with two attached hydrogens (primary N) is 1. The van der Waals surface area contributed by atoms with E-state index in [2.05, 4.69) is 10.2 Å². The maximum absolute atomic E-state index is 12.1. The molecule has 3 N–H and O–H groups in total. The number of nitrogens with one attached hydrogen (secondary N) is 1. The van der Waals surface area contributed by atoms with E-state index in [9.17, 15) is 8.78 Å². The van der Waals surface area contributed by atoms with Crippen LogP contribution in [0.4, 0.5) is 8.78 Å². The number of halogens is 2. The Hall–Kier alpha value is -1.98. The lowest BCUT2D eigenvalue weighted by atomic mass is 9.95. The van der Waals surface area contributed by atoms with Crippen LogP contribution >= 0.6 is 0 Å². The zero-order valence-electron chi connectivity index (χ0n) is 11.0. The van der Waals surface area contributed by atoms with Gasteiger partial charge in [0.2, 0.25) is 0 Å². The molecule has 20 heavy (non-hydrogen) atoms. The van der Waals surface area contributed by atoms with Gasteiger partial charge in [0, 0.05) is 0 Å². The molecule has 2 aromatic rings. The monoisotopic (exact) mass is 278 g/mol. The highest BCUT2D eigenvalue weighted by atomic mass is 19.3. The standard InChI is InChI=1S/C15H16F2N2O/c1-10-4-2-3-5-13(10)14(19-18)11-6-8-12(9-7-11)20-15(16)17/h2-9,14-15,19H,18H2,1H3. The quantitative estimate of drug-likeness (QED) is 0.652. The Kier molecular flexibility index (Phi) is 4.65. The average molecular weight is 278 g/mol. The van der Waals surface area contributed by atoms with Crippen molar-refractivity contribution in [3.05, 3.63) is 65.2 Å². The molecule has 0 spiro atoms. The summed E-state index contributed by atoms with van der Waals surface area (Å²) < 4.78 is 28.5. The lowest BCUT2D eigenvalue weighted by molar-refractivity contribution is -0.0498. The third-order valence-electron chi connectivity index (χ3n) is 3.10. The number of rotatable bonds is 5. The fraction of sp³-hybridized carbons (Fsp3) is 0.200. The normalized spacial score (nSPS) is 12.4. The van der Waals surface area contributed by atoms with E-state index < -0.39 is 6.61 Å². The van der Waals surface area contributed by atoms with Crippen molar-refractivity contribution in [2.24, 2.45) is 5.84 Å².